The van der Waals surface area contributed by atoms with Crippen LogP contribution < -0.4 is 5.32 Å². The quantitative estimate of drug-likeness (QED) is 0.841. The number of aryl methyl sites for hydroxylation is 2. The first-order valence-corrected chi connectivity index (χ1v) is 8.11. The summed E-state index contributed by atoms with van der Waals surface area (Å²) in [7, 11) is 0. The molecule has 0 aliphatic heterocycles. The summed E-state index contributed by atoms with van der Waals surface area (Å²) in [4.78, 5) is 23.6. The molecule has 0 radical (unpaired) electrons. The molecule has 1 aromatic heterocycles. The number of nitrogens with one attached hydrogen (secondary N) is 1. The number of carboxylic acids is 1. The average molecular weight is 347 g/mol. The molecule has 2 aromatic rings. The van der Waals surface area contributed by atoms with Crippen molar-refractivity contribution in [3.8, 4) is 5.69 Å². The molecule has 1 aromatic carbocycles. The zero-order chi connectivity index (χ0) is 18.7. The van der Waals surface area contributed by atoms with E-state index in [1.54, 1.807) is 6.92 Å². The lowest BCUT2D eigenvalue weighted by Crippen LogP contribution is -2.45. The molecule has 0 aliphatic carbocycles. The first-order chi connectivity index (χ1) is 11.7. The van der Waals surface area contributed by atoms with Gasteiger partial charge in [0.2, 0.25) is 0 Å². The molecule has 2 N–H and O–H groups in total. The number of carbonyl (C=O) groups is 2. The molecule has 2 unspecified atom stereocenters. The van der Waals surface area contributed by atoms with Crippen LogP contribution in [0.25, 0.3) is 5.69 Å². The fraction of sp³-hybridized carbons (Fsp3) is 0.389. The highest BCUT2D eigenvalue weighted by Gasteiger charge is 2.26. The molecule has 0 spiro atoms. The van der Waals surface area contributed by atoms with Crippen LogP contribution >= 0.6 is 0 Å². The Morgan fingerprint density at radius 1 is 1.32 bits per heavy atom. The van der Waals surface area contributed by atoms with E-state index in [0.717, 1.165) is 17.5 Å². The summed E-state index contributed by atoms with van der Waals surface area (Å²) in [6, 6.07) is 4.82. The first-order valence-electron chi connectivity index (χ1n) is 8.11. The van der Waals surface area contributed by atoms with Gasteiger partial charge < -0.3 is 10.4 Å². The van der Waals surface area contributed by atoms with Crippen LogP contribution in [0, 0.1) is 25.6 Å². The molecule has 0 bridgehead atoms. The van der Waals surface area contributed by atoms with Crippen LogP contribution in [0.3, 0.4) is 0 Å². The van der Waals surface area contributed by atoms with Crippen LogP contribution in [-0.4, -0.2) is 32.8 Å². The predicted molar refractivity (Wildman–Crippen MR) is 91.3 cm³/mol. The van der Waals surface area contributed by atoms with Gasteiger partial charge in [0.15, 0.2) is 0 Å². The highest BCUT2D eigenvalue weighted by atomic mass is 19.1. The number of carbonyl (C=O) groups excluding carboxylic acids is 1. The Hall–Kier alpha value is -2.70. The monoisotopic (exact) mass is 347 g/mol. The number of halogens is 1. The SMILES string of the molecule is CCC(C)C(NC(=O)c1ccc(-n2nc(C)cc2C)c(F)c1)C(=O)O. The molecule has 0 saturated heterocycles. The first kappa shape index (κ1) is 18.6. The summed E-state index contributed by atoms with van der Waals surface area (Å²) in [5.41, 5.74) is 1.84. The lowest BCUT2D eigenvalue weighted by molar-refractivity contribution is -0.140. The second-order valence-electron chi connectivity index (χ2n) is 6.18. The second-order valence-corrected chi connectivity index (χ2v) is 6.18. The molecule has 0 aliphatic rings. The Kier molecular flexibility index (Phi) is 5.56. The Balaban J connectivity index is 2.26. The van der Waals surface area contributed by atoms with Gasteiger partial charge in [-0.25, -0.2) is 13.9 Å². The maximum Gasteiger partial charge on any atom is 0.326 e. The van der Waals surface area contributed by atoms with Gasteiger partial charge in [-0.05, 0) is 44.0 Å². The molecule has 2 rings (SSSR count). The summed E-state index contributed by atoms with van der Waals surface area (Å²) >= 11 is 0. The topological polar surface area (TPSA) is 84.2 Å². The van der Waals surface area contributed by atoms with Crippen molar-refractivity contribution in [2.75, 3.05) is 0 Å². The van der Waals surface area contributed by atoms with Crippen molar-refractivity contribution >= 4 is 11.9 Å². The number of hydrogen-bond donors (Lipinski definition) is 2. The minimum absolute atomic E-state index is 0.0670. The maximum absolute atomic E-state index is 14.4. The third kappa shape index (κ3) is 4.04. The smallest absolute Gasteiger partial charge is 0.326 e. The Bertz CT molecular complexity index is 801. The number of aromatic nitrogens is 2. The standard InChI is InChI=1S/C18H22FN3O3/c1-5-10(2)16(18(24)25)20-17(23)13-6-7-15(14(19)9-13)22-12(4)8-11(3)21-22/h6-10,16H,5H2,1-4H3,(H,20,23)(H,24,25). The zero-order valence-corrected chi connectivity index (χ0v) is 14.7. The van der Waals surface area contributed by atoms with Crippen LogP contribution in [-0.2, 0) is 4.79 Å². The highest BCUT2D eigenvalue weighted by Crippen LogP contribution is 2.18. The zero-order valence-electron chi connectivity index (χ0n) is 14.7. The van der Waals surface area contributed by atoms with Gasteiger partial charge in [0.1, 0.15) is 17.5 Å². The number of carboxylic acid groups (broad SMARTS) is 1. The van der Waals surface area contributed by atoms with Gasteiger partial charge in [-0.2, -0.15) is 5.10 Å². The van der Waals surface area contributed by atoms with Gasteiger partial charge in [-0.1, -0.05) is 20.3 Å². The van der Waals surface area contributed by atoms with Gasteiger partial charge >= 0.3 is 5.97 Å². The molecule has 2 atom stereocenters. The van der Waals surface area contributed by atoms with E-state index in [1.165, 1.54) is 16.8 Å². The van der Waals surface area contributed by atoms with E-state index < -0.39 is 23.7 Å². The molecule has 1 amide bonds. The fourth-order valence-electron chi connectivity index (χ4n) is 2.60. The van der Waals surface area contributed by atoms with Crippen molar-refractivity contribution in [2.45, 2.75) is 40.2 Å². The number of hydrogen-bond acceptors (Lipinski definition) is 3. The van der Waals surface area contributed by atoms with Crippen LogP contribution in [0.15, 0.2) is 24.3 Å². The normalized spacial score (nSPS) is 13.3. The Morgan fingerprint density at radius 2 is 2.00 bits per heavy atom. The Labute approximate surface area is 145 Å². The largest absolute Gasteiger partial charge is 0.480 e. The summed E-state index contributed by atoms with van der Waals surface area (Å²) in [6.07, 6.45) is 0.600. The molecular formula is C18H22FN3O3. The van der Waals surface area contributed by atoms with Crippen molar-refractivity contribution in [3.05, 3.63) is 47.0 Å². The Morgan fingerprint density at radius 3 is 2.48 bits per heavy atom. The molecule has 25 heavy (non-hydrogen) atoms. The van der Waals surface area contributed by atoms with Gasteiger partial charge in [0, 0.05) is 11.3 Å². The number of rotatable bonds is 6. The number of benzene rings is 1. The lowest BCUT2D eigenvalue weighted by Gasteiger charge is -2.20. The minimum Gasteiger partial charge on any atom is -0.480 e. The van der Waals surface area contributed by atoms with Crippen LogP contribution in [0.5, 0.6) is 0 Å². The van der Waals surface area contributed by atoms with Crippen molar-refractivity contribution in [1.29, 1.82) is 0 Å². The van der Waals surface area contributed by atoms with Crippen molar-refractivity contribution in [2.24, 2.45) is 5.92 Å². The molecule has 0 saturated carbocycles. The predicted octanol–water partition coefficient (Wildman–Crippen LogP) is 2.86. The lowest BCUT2D eigenvalue weighted by atomic mass is 9.99. The third-order valence-electron chi connectivity index (χ3n) is 4.21. The number of amides is 1. The minimum atomic E-state index is -1.11. The molecule has 7 heteroatoms. The van der Waals surface area contributed by atoms with E-state index in [-0.39, 0.29) is 17.2 Å². The maximum atomic E-state index is 14.4. The van der Waals surface area contributed by atoms with Crippen LogP contribution in [0.1, 0.15) is 42.0 Å². The van der Waals surface area contributed by atoms with Crippen LogP contribution in [0.2, 0.25) is 0 Å². The molecular weight excluding hydrogens is 325 g/mol. The van der Waals surface area contributed by atoms with Crippen LogP contribution in [0.4, 0.5) is 4.39 Å². The van der Waals surface area contributed by atoms with Crippen molar-refractivity contribution in [3.63, 3.8) is 0 Å². The summed E-state index contributed by atoms with van der Waals surface area (Å²) < 4.78 is 15.9. The third-order valence-corrected chi connectivity index (χ3v) is 4.21. The summed E-state index contributed by atoms with van der Waals surface area (Å²) in [6.45, 7) is 7.20. The highest BCUT2D eigenvalue weighted by molar-refractivity contribution is 5.96. The van der Waals surface area contributed by atoms with Gasteiger partial charge in [-0.3, -0.25) is 4.79 Å². The molecule has 1 heterocycles. The van der Waals surface area contributed by atoms with E-state index >= 15 is 0 Å². The fourth-order valence-corrected chi connectivity index (χ4v) is 2.60. The van der Waals surface area contributed by atoms with E-state index in [9.17, 15) is 19.1 Å². The van der Waals surface area contributed by atoms with E-state index in [1.807, 2.05) is 26.8 Å². The number of nitrogens with zero attached hydrogens (tertiary/aromatic N) is 2. The van der Waals surface area contributed by atoms with E-state index in [0.29, 0.717) is 6.42 Å². The van der Waals surface area contributed by atoms with E-state index in [2.05, 4.69) is 10.4 Å². The van der Waals surface area contributed by atoms with Gasteiger partial charge in [0.25, 0.3) is 5.91 Å². The number of aliphatic carboxylic acids is 1. The average Bonchev–Trinajstić information content (AvgIpc) is 2.89. The van der Waals surface area contributed by atoms with Gasteiger partial charge in [-0.15, -0.1) is 0 Å². The summed E-state index contributed by atoms with van der Waals surface area (Å²) in [5, 5.41) is 15.9. The van der Waals surface area contributed by atoms with E-state index in [4.69, 9.17) is 0 Å². The van der Waals surface area contributed by atoms with Crippen molar-refractivity contribution in [1.82, 2.24) is 15.1 Å². The van der Waals surface area contributed by atoms with Gasteiger partial charge in [0.05, 0.1) is 5.69 Å². The second kappa shape index (κ2) is 7.46. The molecule has 0 fully saturated rings. The molecule has 134 valence electrons. The molecule has 6 nitrogen and oxygen atoms in total. The van der Waals surface area contributed by atoms with Crippen molar-refractivity contribution < 1.29 is 19.1 Å². The summed E-state index contributed by atoms with van der Waals surface area (Å²) in [5.74, 6) is -2.57.